The molecule has 0 aromatic carbocycles. The molecular weight excluding hydrogens is 302 g/mol. The van der Waals surface area contributed by atoms with E-state index in [2.05, 4.69) is 4.98 Å². The molecule has 2 aromatic rings. The number of thiazole rings is 1. The molecule has 0 aliphatic carbocycles. The highest BCUT2D eigenvalue weighted by atomic mass is 35.5. The number of halogens is 1. The molecule has 1 atom stereocenters. The fourth-order valence-corrected chi connectivity index (χ4v) is 2.56. The molecule has 2 aromatic heterocycles. The van der Waals surface area contributed by atoms with E-state index in [0.29, 0.717) is 10.8 Å². The van der Waals surface area contributed by atoms with Crippen molar-refractivity contribution in [3.05, 3.63) is 28.5 Å². The second kappa shape index (κ2) is 5.64. The van der Waals surface area contributed by atoms with Crippen molar-refractivity contribution in [1.29, 1.82) is 0 Å². The third-order valence-corrected chi connectivity index (χ3v) is 3.96. The van der Waals surface area contributed by atoms with Gasteiger partial charge in [0.1, 0.15) is 6.04 Å². The van der Waals surface area contributed by atoms with Gasteiger partial charge < -0.3 is 10.0 Å². The molecule has 1 N–H and O–H groups in total. The number of fused-ring (bicyclic) bond motifs is 1. The van der Waals surface area contributed by atoms with Crippen LogP contribution in [-0.4, -0.2) is 44.4 Å². The Hall–Kier alpha value is -1.86. The number of aliphatic carboxylic acids is 1. The molecule has 20 heavy (non-hydrogen) atoms. The first kappa shape index (κ1) is 14.5. The lowest BCUT2D eigenvalue weighted by Gasteiger charge is -2.19. The molecule has 0 bridgehead atoms. The number of carboxylic acid groups (broad SMARTS) is 1. The molecule has 2 heterocycles. The van der Waals surface area contributed by atoms with E-state index in [4.69, 9.17) is 16.7 Å². The predicted octanol–water partition coefficient (Wildman–Crippen LogP) is 1.99. The SMILES string of the molecule is CC(C(=O)O)N(C)C(=O)C=Cc1c(Cl)nc2sccn12. The zero-order valence-corrected chi connectivity index (χ0v) is 12.4. The van der Waals surface area contributed by atoms with E-state index in [1.165, 1.54) is 37.5 Å². The number of nitrogens with zero attached hydrogens (tertiary/aromatic N) is 3. The molecule has 106 valence electrons. The van der Waals surface area contributed by atoms with Crippen LogP contribution in [0.4, 0.5) is 0 Å². The average Bonchev–Trinajstić information content (AvgIpc) is 2.95. The predicted molar refractivity (Wildman–Crippen MR) is 77.0 cm³/mol. The summed E-state index contributed by atoms with van der Waals surface area (Å²) in [7, 11) is 1.43. The van der Waals surface area contributed by atoms with Crippen LogP contribution in [0.2, 0.25) is 5.15 Å². The Kier molecular flexibility index (Phi) is 4.10. The van der Waals surface area contributed by atoms with Gasteiger partial charge >= 0.3 is 5.97 Å². The number of carbonyl (C=O) groups excluding carboxylic acids is 1. The number of amides is 1. The molecule has 0 spiro atoms. The monoisotopic (exact) mass is 313 g/mol. The summed E-state index contributed by atoms with van der Waals surface area (Å²) in [6, 6.07) is -0.894. The lowest BCUT2D eigenvalue weighted by atomic mass is 10.3. The Bertz CT molecular complexity index is 691. The number of aromatic nitrogens is 2. The van der Waals surface area contributed by atoms with Gasteiger partial charge in [0.15, 0.2) is 10.1 Å². The summed E-state index contributed by atoms with van der Waals surface area (Å²) in [5, 5.41) is 11.0. The van der Waals surface area contributed by atoms with Crippen molar-refractivity contribution in [2.24, 2.45) is 0 Å². The van der Waals surface area contributed by atoms with Crippen LogP contribution in [0.3, 0.4) is 0 Å². The Morgan fingerprint density at radius 2 is 2.30 bits per heavy atom. The summed E-state index contributed by atoms with van der Waals surface area (Å²) in [5.74, 6) is -1.47. The fourth-order valence-electron chi connectivity index (χ4n) is 1.55. The highest BCUT2D eigenvalue weighted by Crippen LogP contribution is 2.22. The minimum Gasteiger partial charge on any atom is -0.480 e. The molecule has 2 rings (SSSR count). The number of carboxylic acids is 1. The highest BCUT2D eigenvalue weighted by molar-refractivity contribution is 7.15. The molecule has 1 unspecified atom stereocenters. The van der Waals surface area contributed by atoms with Crippen LogP contribution in [0, 0.1) is 0 Å². The molecule has 0 aliphatic heterocycles. The molecule has 0 saturated heterocycles. The number of rotatable bonds is 4. The quantitative estimate of drug-likeness (QED) is 0.876. The van der Waals surface area contributed by atoms with Crippen molar-refractivity contribution in [3.63, 3.8) is 0 Å². The van der Waals surface area contributed by atoms with Crippen LogP contribution in [0.15, 0.2) is 17.7 Å². The van der Waals surface area contributed by atoms with Gasteiger partial charge in [0, 0.05) is 24.7 Å². The lowest BCUT2D eigenvalue weighted by molar-refractivity contribution is -0.146. The van der Waals surface area contributed by atoms with Crippen LogP contribution in [0.1, 0.15) is 12.6 Å². The summed E-state index contributed by atoms with van der Waals surface area (Å²) in [5.41, 5.74) is 0.590. The summed E-state index contributed by atoms with van der Waals surface area (Å²) < 4.78 is 1.76. The van der Waals surface area contributed by atoms with Crippen molar-refractivity contribution in [1.82, 2.24) is 14.3 Å². The van der Waals surface area contributed by atoms with Crippen LogP contribution in [0.5, 0.6) is 0 Å². The molecule has 8 heteroatoms. The summed E-state index contributed by atoms with van der Waals surface area (Å²) in [4.78, 5) is 28.7. The lowest BCUT2D eigenvalue weighted by Crippen LogP contribution is -2.39. The van der Waals surface area contributed by atoms with E-state index in [0.717, 1.165) is 9.86 Å². The van der Waals surface area contributed by atoms with Crippen molar-refractivity contribution in [2.75, 3.05) is 7.05 Å². The Morgan fingerprint density at radius 1 is 1.60 bits per heavy atom. The topological polar surface area (TPSA) is 74.9 Å². The van der Waals surface area contributed by atoms with Gasteiger partial charge in [0.2, 0.25) is 5.91 Å². The summed E-state index contributed by atoms with van der Waals surface area (Å²) in [6.45, 7) is 1.44. The summed E-state index contributed by atoms with van der Waals surface area (Å²) >= 11 is 7.42. The van der Waals surface area contributed by atoms with E-state index >= 15 is 0 Å². The van der Waals surface area contributed by atoms with Crippen LogP contribution in [-0.2, 0) is 9.59 Å². The summed E-state index contributed by atoms with van der Waals surface area (Å²) in [6.07, 6.45) is 4.61. The maximum Gasteiger partial charge on any atom is 0.326 e. The molecule has 6 nitrogen and oxygen atoms in total. The highest BCUT2D eigenvalue weighted by Gasteiger charge is 2.20. The van der Waals surface area contributed by atoms with Crippen LogP contribution < -0.4 is 0 Å². The number of likely N-dealkylation sites (N-methyl/N-ethyl adjacent to an activating group) is 1. The zero-order valence-electron chi connectivity index (χ0n) is 10.8. The molecule has 1 amide bonds. The van der Waals surface area contributed by atoms with Crippen molar-refractivity contribution >= 4 is 45.9 Å². The van der Waals surface area contributed by atoms with Gasteiger partial charge in [-0.25, -0.2) is 9.78 Å². The van der Waals surface area contributed by atoms with Crippen molar-refractivity contribution in [2.45, 2.75) is 13.0 Å². The third kappa shape index (κ3) is 2.68. The van der Waals surface area contributed by atoms with Gasteiger partial charge in [-0.15, -0.1) is 11.3 Å². The minimum atomic E-state index is -1.06. The van der Waals surface area contributed by atoms with E-state index < -0.39 is 17.9 Å². The van der Waals surface area contributed by atoms with E-state index in [-0.39, 0.29) is 0 Å². The molecule has 0 fully saturated rings. The van der Waals surface area contributed by atoms with Crippen LogP contribution in [0.25, 0.3) is 11.0 Å². The first-order chi connectivity index (χ1) is 9.41. The van der Waals surface area contributed by atoms with E-state index in [1.54, 1.807) is 10.6 Å². The largest absolute Gasteiger partial charge is 0.480 e. The second-order valence-corrected chi connectivity index (χ2v) is 5.37. The third-order valence-electron chi connectivity index (χ3n) is 2.92. The Labute approximate surface area is 123 Å². The Morgan fingerprint density at radius 3 is 2.95 bits per heavy atom. The number of imidazole rings is 1. The van der Waals surface area contributed by atoms with Gasteiger partial charge in [-0.3, -0.25) is 9.20 Å². The maximum absolute atomic E-state index is 11.9. The average molecular weight is 314 g/mol. The van der Waals surface area contributed by atoms with E-state index in [1.807, 2.05) is 5.38 Å². The smallest absolute Gasteiger partial charge is 0.326 e. The Balaban J connectivity index is 2.20. The number of carbonyl (C=O) groups is 2. The zero-order chi connectivity index (χ0) is 14.9. The first-order valence-electron chi connectivity index (χ1n) is 5.70. The minimum absolute atomic E-state index is 0.301. The molecule has 0 saturated carbocycles. The van der Waals surface area contributed by atoms with Gasteiger partial charge in [-0.1, -0.05) is 11.6 Å². The van der Waals surface area contributed by atoms with Crippen molar-refractivity contribution in [3.8, 4) is 0 Å². The molecular formula is C12H12ClN3O3S. The normalized spacial score (nSPS) is 12.9. The van der Waals surface area contributed by atoms with Gasteiger partial charge in [0.25, 0.3) is 0 Å². The standard InChI is InChI=1S/C12H12ClN3O3S/c1-7(11(18)19)15(2)9(17)4-3-8-10(13)14-12-16(8)5-6-20-12/h3-7H,1-2H3,(H,18,19). The number of hydrogen-bond acceptors (Lipinski definition) is 4. The molecule has 0 aliphatic rings. The molecule has 0 radical (unpaired) electrons. The second-order valence-electron chi connectivity index (χ2n) is 4.14. The van der Waals surface area contributed by atoms with Gasteiger partial charge in [-0.05, 0) is 13.0 Å². The maximum atomic E-state index is 11.9. The van der Waals surface area contributed by atoms with Crippen molar-refractivity contribution < 1.29 is 14.7 Å². The fraction of sp³-hybridized carbons (Fsp3) is 0.250. The van der Waals surface area contributed by atoms with Gasteiger partial charge in [-0.2, -0.15) is 0 Å². The van der Waals surface area contributed by atoms with Gasteiger partial charge in [0.05, 0.1) is 5.69 Å². The van der Waals surface area contributed by atoms with Crippen LogP contribution >= 0.6 is 22.9 Å². The first-order valence-corrected chi connectivity index (χ1v) is 6.96. The van der Waals surface area contributed by atoms with E-state index in [9.17, 15) is 9.59 Å². The number of hydrogen-bond donors (Lipinski definition) is 1.